The number of rotatable bonds is 7. The maximum atomic E-state index is 13.0. The molecule has 1 atom stereocenters. The van der Waals surface area contributed by atoms with Gasteiger partial charge in [0, 0.05) is 19.1 Å². The Morgan fingerprint density at radius 1 is 1.00 bits per heavy atom. The fourth-order valence-electron chi connectivity index (χ4n) is 5.52. The van der Waals surface area contributed by atoms with Gasteiger partial charge in [-0.25, -0.2) is 4.98 Å². The van der Waals surface area contributed by atoms with Crippen molar-refractivity contribution in [2.45, 2.75) is 64.1 Å². The number of fused-ring (bicyclic) bond motifs is 1. The van der Waals surface area contributed by atoms with E-state index in [2.05, 4.69) is 45.1 Å². The number of piperidine rings is 1. The van der Waals surface area contributed by atoms with Crippen molar-refractivity contribution in [3.63, 3.8) is 0 Å². The fourth-order valence-corrected chi connectivity index (χ4v) is 5.52. The van der Waals surface area contributed by atoms with Crippen LogP contribution in [0.4, 0.5) is 0 Å². The lowest BCUT2D eigenvalue weighted by atomic mass is 9.93. The first-order valence-corrected chi connectivity index (χ1v) is 12.8. The normalized spacial score (nSPS) is 19.9. The van der Waals surface area contributed by atoms with Crippen LogP contribution in [0.15, 0.2) is 48.5 Å². The highest BCUT2D eigenvalue weighted by molar-refractivity contribution is 5.79. The van der Waals surface area contributed by atoms with E-state index >= 15 is 0 Å². The smallest absolute Gasteiger partial charge is 0.224 e. The third-order valence-electron chi connectivity index (χ3n) is 7.43. The maximum absolute atomic E-state index is 13.0. The van der Waals surface area contributed by atoms with E-state index in [1.165, 1.54) is 24.8 Å². The molecule has 0 spiro atoms. The van der Waals surface area contributed by atoms with E-state index < -0.39 is 0 Å². The molecule has 0 unspecified atom stereocenters. The topological polar surface area (TPSA) is 59.4 Å². The highest BCUT2D eigenvalue weighted by atomic mass is 16.5. The first kappa shape index (κ1) is 22.9. The van der Waals surface area contributed by atoms with Gasteiger partial charge in [-0.2, -0.15) is 0 Å². The van der Waals surface area contributed by atoms with Crippen molar-refractivity contribution in [2.24, 2.45) is 5.92 Å². The van der Waals surface area contributed by atoms with Gasteiger partial charge >= 0.3 is 0 Å². The summed E-state index contributed by atoms with van der Waals surface area (Å²) in [6.45, 7) is 3.35. The number of ether oxygens (including phenoxy) is 1. The minimum atomic E-state index is 0.0788. The monoisotopic (exact) mass is 460 g/mol. The molecule has 1 saturated carbocycles. The molecular formula is C28H36N4O2. The summed E-state index contributed by atoms with van der Waals surface area (Å²) in [7, 11) is 1.69. The minimum absolute atomic E-state index is 0.0788. The number of nitrogens with zero attached hydrogens (tertiary/aromatic N) is 3. The lowest BCUT2D eigenvalue weighted by molar-refractivity contribution is -0.127. The third kappa shape index (κ3) is 5.27. The molecule has 6 nitrogen and oxygen atoms in total. The van der Waals surface area contributed by atoms with Crippen LogP contribution in [0.3, 0.4) is 0 Å². The standard InChI is InChI=1S/C28H36N4O2/c1-34-24-15-13-21(14-16-24)18-32-26-12-6-5-11-25(26)30-27(32)20-31-17-7-8-22(19-31)28(33)29-23-9-3-2-4-10-23/h5-6,11-16,22-23H,2-4,7-10,17-20H2,1H3,(H,29,33)/t22-/m0/s1. The minimum Gasteiger partial charge on any atom is -0.497 e. The Balaban J connectivity index is 1.30. The van der Waals surface area contributed by atoms with Gasteiger partial charge in [0.15, 0.2) is 0 Å². The number of hydrogen-bond donors (Lipinski definition) is 1. The first-order valence-electron chi connectivity index (χ1n) is 12.8. The molecule has 1 saturated heterocycles. The summed E-state index contributed by atoms with van der Waals surface area (Å²) in [5.74, 6) is 2.26. The molecule has 2 aromatic carbocycles. The van der Waals surface area contributed by atoms with Crippen LogP contribution in [0.25, 0.3) is 11.0 Å². The summed E-state index contributed by atoms with van der Waals surface area (Å²) in [5, 5.41) is 3.35. The second kappa shape index (κ2) is 10.6. The number of likely N-dealkylation sites (tertiary alicyclic amines) is 1. The number of aromatic nitrogens is 2. The summed E-state index contributed by atoms with van der Waals surface area (Å²) in [6.07, 6.45) is 8.10. The van der Waals surface area contributed by atoms with Gasteiger partial charge in [-0.05, 0) is 62.1 Å². The molecule has 2 fully saturated rings. The molecule has 34 heavy (non-hydrogen) atoms. The first-order chi connectivity index (χ1) is 16.7. The van der Waals surface area contributed by atoms with Gasteiger partial charge in [0.25, 0.3) is 0 Å². The second-order valence-corrected chi connectivity index (χ2v) is 9.87. The van der Waals surface area contributed by atoms with Crippen molar-refractivity contribution in [3.8, 4) is 5.75 Å². The van der Waals surface area contributed by atoms with Gasteiger partial charge in [-0.1, -0.05) is 43.5 Å². The van der Waals surface area contributed by atoms with E-state index in [0.29, 0.717) is 6.04 Å². The maximum Gasteiger partial charge on any atom is 0.224 e. The number of carbonyl (C=O) groups excluding carboxylic acids is 1. The molecule has 2 heterocycles. The van der Waals surface area contributed by atoms with Gasteiger partial charge < -0.3 is 14.6 Å². The lowest BCUT2D eigenvalue weighted by Crippen LogP contribution is -2.46. The van der Waals surface area contributed by atoms with E-state index in [-0.39, 0.29) is 11.8 Å². The number of carbonyl (C=O) groups is 1. The van der Waals surface area contributed by atoms with Crippen LogP contribution >= 0.6 is 0 Å². The van der Waals surface area contributed by atoms with Crippen molar-refractivity contribution in [1.82, 2.24) is 19.8 Å². The number of nitrogens with one attached hydrogen (secondary N) is 1. The number of amides is 1. The van der Waals surface area contributed by atoms with Gasteiger partial charge in [0.1, 0.15) is 11.6 Å². The number of benzene rings is 2. The van der Waals surface area contributed by atoms with Crippen molar-refractivity contribution in [3.05, 3.63) is 59.9 Å². The summed E-state index contributed by atoms with van der Waals surface area (Å²) < 4.78 is 7.64. The average molecular weight is 461 g/mol. The quantitative estimate of drug-likeness (QED) is 0.553. The number of methoxy groups -OCH3 is 1. The van der Waals surface area contributed by atoms with Crippen LogP contribution in [0, 0.1) is 5.92 Å². The zero-order valence-electron chi connectivity index (χ0n) is 20.2. The van der Waals surface area contributed by atoms with E-state index in [1.807, 2.05) is 18.2 Å². The van der Waals surface area contributed by atoms with Crippen molar-refractivity contribution in [1.29, 1.82) is 0 Å². The number of hydrogen-bond acceptors (Lipinski definition) is 4. The molecular weight excluding hydrogens is 424 g/mol. The van der Waals surface area contributed by atoms with Gasteiger partial charge in [-0.15, -0.1) is 0 Å². The molecule has 1 aliphatic carbocycles. The molecule has 1 amide bonds. The van der Waals surface area contributed by atoms with Crippen molar-refractivity contribution >= 4 is 16.9 Å². The van der Waals surface area contributed by atoms with Gasteiger partial charge in [0.2, 0.25) is 5.91 Å². The largest absolute Gasteiger partial charge is 0.497 e. The summed E-state index contributed by atoms with van der Waals surface area (Å²) in [5.41, 5.74) is 3.39. The molecule has 0 radical (unpaired) electrons. The molecule has 3 aromatic rings. The van der Waals surface area contributed by atoms with Crippen LogP contribution in [-0.4, -0.2) is 46.6 Å². The highest BCUT2D eigenvalue weighted by Gasteiger charge is 2.28. The summed E-state index contributed by atoms with van der Waals surface area (Å²) in [6, 6.07) is 17.0. The molecule has 5 rings (SSSR count). The Labute approximate surface area is 202 Å². The third-order valence-corrected chi connectivity index (χ3v) is 7.43. The van der Waals surface area contributed by atoms with Crippen LogP contribution < -0.4 is 10.1 Å². The van der Waals surface area contributed by atoms with E-state index in [4.69, 9.17) is 9.72 Å². The zero-order chi connectivity index (χ0) is 23.3. The van der Waals surface area contributed by atoms with Crippen LogP contribution in [0.1, 0.15) is 56.3 Å². The Morgan fingerprint density at radius 3 is 2.59 bits per heavy atom. The zero-order valence-corrected chi connectivity index (χ0v) is 20.2. The number of imidazole rings is 1. The SMILES string of the molecule is COc1ccc(Cn2c(CN3CCC[C@H](C(=O)NC4CCCCC4)C3)nc3ccccc32)cc1. The highest BCUT2D eigenvalue weighted by Crippen LogP contribution is 2.24. The molecule has 180 valence electrons. The molecule has 1 N–H and O–H groups in total. The lowest BCUT2D eigenvalue weighted by Gasteiger charge is -2.33. The molecule has 6 heteroatoms. The van der Waals surface area contributed by atoms with Crippen molar-refractivity contribution in [2.75, 3.05) is 20.2 Å². The van der Waals surface area contributed by atoms with E-state index in [1.54, 1.807) is 7.11 Å². The van der Waals surface area contributed by atoms with Crippen LogP contribution in [0.2, 0.25) is 0 Å². The second-order valence-electron chi connectivity index (χ2n) is 9.87. The predicted octanol–water partition coefficient (Wildman–Crippen LogP) is 4.75. The Bertz CT molecular complexity index is 1100. The molecule has 2 aliphatic rings. The van der Waals surface area contributed by atoms with Gasteiger partial charge in [-0.3, -0.25) is 9.69 Å². The Morgan fingerprint density at radius 2 is 1.79 bits per heavy atom. The Hall–Kier alpha value is -2.86. The fraction of sp³-hybridized carbons (Fsp3) is 0.500. The Kier molecular flexibility index (Phi) is 7.14. The van der Waals surface area contributed by atoms with E-state index in [0.717, 1.165) is 74.5 Å². The van der Waals surface area contributed by atoms with E-state index in [9.17, 15) is 4.79 Å². The van der Waals surface area contributed by atoms with Crippen LogP contribution in [-0.2, 0) is 17.9 Å². The number of para-hydroxylation sites is 2. The molecule has 0 bridgehead atoms. The molecule has 1 aliphatic heterocycles. The van der Waals surface area contributed by atoms with Gasteiger partial charge in [0.05, 0.1) is 30.6 Å². The van der Waals surface area contributed by atoms with Crippen molar-refractivity contribution < 1.29 is 9.53 Å². The molecule has 1 aromatic heterocycles. The summed E-state index contributed by atoms with van der Waals surface area (Å²) >= 11 is 0. The predicted molar refractivity (Wildman–Crippen MR) is 135 cm³/mol. The summed E-state index contributed by atoms with van der Waals surface area (Å²) in [4.78, 5) is 20.4. The van der Waals surface area contributed by atoms with Crippen LogP contribution in [0.5, 0.6) is 5.75 Å². The average Bonchev–Trinajstić information content (AvgIpc) is 3.22.